The first-order valence-corrected chi connectivity index (χ1v) is 6.03. The normalized spacial score (nSPS) is 11.5. The summed E-state index contributed by atoms with van der Waals surface area (Å²) in [5.41, 5.74) is 1.17. The lowest BCUT2D eigenvalue weighted by atomic mass is 10.2. The van der Waals surface area contributed by atoms with Crippen LogP contribution < -0.4 is 10.6 Å². The molecular formula is C13H18N2O4. The van der Waals surface area contributed by atoms with Crippen molar-refractivity contribution in [3.8, 4) is 0 Å². The zero-order valence-corrected chi connectivity index (χ0v) is 11.0. The number of carbonyl (C=O) groups is 2. The van der Waals surface area contributed by atoms with Crippen LogP contribution in [0.5, 0.6) is 0 Å². The van der Waals surface area contributed by atoms with Gasteiger partial charge in [-0.1, -0.05) is 0 Å². The van der Waals surface area contributed by atoms with Gasteiger partial charge in [-0.05, 0) is 38.1 Å². The Kier molecular flexibility index (Phi) is 5.81. The van der Waals surface area contributed by atoms with E-state index in [2.05, 4.69) is 10.6 Å². The molecule has 6 heteroatoms. The average molecular weight is 266 g/mol. The zero-order chi connectivity index (χ0) is 14.3. The van der Waals surface area contributed by atoms with Gasteiger partial charge in [0, 0.05) is 11.4 Å². The fourth-order valence-electron chi connectivity index (χ4n) is 1.40. The van der Waals surface area contributed by atoms with Crippen LogP contribution in [0.3, 0.4) is 0 Å². The monoisotopic (exact) mass is 266 g/mol. The van der Waals surface area contributed by atoms with Gasteiger partial charge >= 0.3 is 6.09 Å². The van der Waals surface area contributed by atoms with Gasteiger partial charge in [0.25, 0.3) is 0 Å². The van der Waals surface area contributed by atoms with Crippen molar-refractivity contribution in [1.82, 2.24) is 0 Å². The second-order valence-corrected chi connectivity index (χ2v) is 4.02. The molecular weight excluding hydrogens is 248 g/mol. The third kappa shape index (κ3) is 5.87. The van der Waals surface area contributed by atoms with Gasteiger partial charge in [0.15, 0.2) is 0 Å². The topological polar surface area (TPSA) is 87.7 Å². The minimum Gasteiger partial charge on any atom is -0.450 e. The summed E-state index contributed by atoms with van der Waals surface area (Å²) in [5.74, 6) is -0.263. The highest BCUT2D eigenvalue weighted by Gasteiger charge is 2.06. The van der Waals surface area contributed by atoms with Gasteiger partial charge in [0.1, 0.15) is 0 Å². The van der Waals surface area contributed by atoms with Crippen LogP contribution >= 0.6 is 0 Å². The van der Waals surface area contributed by atoms with Crippen molar-refractivity contribution in [2.45, 2.75) is 26.4 Å². The van der Waals surface area contributed by atoms with Gasteiger partial charge in [-0.25, -0.2) is 4.79 Å². The predicted octanol–water partition coefficient (Wildman–Crippen LogP) is 1.96. The lowest BCUT2D eigenvalue weighted by Gasteiger charge is -2.08. The van der Waals surface area contributed by atoms with Crippen LogP contribution in [0.15, 0.2) is 24.3 Å². The number of amides is 2. The number of ether oxygens (including phenoxy) is 1. The maximum Gasteiger partial charge on any atom is 0.411 e. The molecule has 1 aromatic rings. The molecule has 0 saturated heterocycles. The lowest BCUT2D eigenvalue weighted by Crippen LogP contribution is -2.17. The summed E-state index contributed by atoms with van der Waals surface area (Å²) in [5, 5.41) is 14.3. The summed E-state index contributed by atoms with van der Waals surface area (Å²) in [7, 11) is 0. The van der Waals surface area contributed by atoms with E-state index in [1.54, 1.807) is 38.1 Å². The number of aliphatic hydroxyl groups excluding tert-OH is 1. The molecule has 0 aliphatic heterocycles. The maximum absolute atomic E-state index is 11.4. The molecule has 2 amide bonds. The van der Waals surface area contributed by atoms with E-state index < -0.39 is 12.2 Å². The molecule has 19 heavy (non-hydrogen) atoms. The third-order valence-corrected chi connectivity index (χ3v) is 2.17. The number of nitrogens with one attached hydrogen (secondary N) is 2. The first-order chi connectivity index (χ1) is 9.01. The van der Waals surface area contributed by atoms with E-state index >= 15 is 0 Å². The van der Waals surface area contributed by atoms with Crippen molar-refractivity contribution in [2.75, 3.05) is 17.2 Å². The highest BCUT2D eigenvalue weighted by atomic mass is 16.5. The molecule has 0 radical (unpaired) electrons. The van der Waals surface area contributed by atoms with Crippen molar-refractivity contribution in [3.63, 3.8) is 0 Å². The Labute approximate surface area is 111 Å². The Morgan fingerprint density at radius 2 is 1.74 bits per heavy atom. The minimum atomic E-state index is -0.676. The second-order valence-electron chi connectivity index (χ2n) is 4.02. The lowest BCUT2D eigenvalue weighted by molar-refractivity contribution is -0.117. The highest BCUT2D eigenvalue weighted by Crippen LogP contribution is 2.14. The van der Waals surface area contributed by atoms with Gasteiger partial charge in [0.2, 0.25) is 5.91 Å². The van der Waals surface area contributed by atoms with Crippen LogP contribution in [0, 0.1) is 0 Å². The van der Waals surface area contributed by atoms with Gasteiger partial charge in [-0.15, -0.1) is 0 Å². The SMILES string of the molecule is CCOC(=O)Nc1ccc(NC(=O)CC(C)O)cc1. The fraction of sp³-hybridized carbons (Fsp3) is 0.385. The molecule has 104 valence electrons. The first-order valence-electron chi connectivity index (χ1n) is 6.03. The Morgan fingerprint density at radius 3 is 2.21 bits per heavy atom. The summed E-state index contributed by atoms with van der Waals surface area (Å²) in [6.07, 6.45) is -1.15. The van der Waals surface area contributed by atoms with E-state index in [0.29, 0.717) is 18.0 Å². The minimum absolute atomic E-state index is 0.0445. The van der Waals surface area contributed by atoms with E-state index in [4.69, 9.17) is 9.84 Å². The Morgan fingerprint density at radius 1 is 1.21 bits per heavy atom. The van der Waals surface area contributed by atoms with Crippen molar-refractivity contribution in [3.05, 3.63) is 24.3 Å². The fourth-order valence-corrected chi connectivity index (χ4v) is 1.40. The molecule has 0 heterocycles. The molecule has 6 nitrogen and oxygen atoms in total. The van der Waals surface area contributed by atoms with E-state index in [1.165, 1.54) is 0 Å². The predicted molar refractivity (Wildman–Crippen MR) is 72.0 cm³/mol. The van der Waals surface area contributed by atoms with Gasteiger partial charge in [0.05, 0.1) is 19.1 Å². The summed E-state index contributed by atoms with van der Waals surface area (Å²) in [6.45, 7) is 3.58. The van der Waals surface area contributed by atoms with E-state index in [1.807, 2.05) is 0 Å². The highest BCUT2D eigenvalue weighted by molar-refractivity contribution is 5.91. The van der Waals surface area contributed by atoms with Gasteiger partial charge < -0.3 is 15.2 Å². The van der Waals surface area contributed by atoms with Crippen LogP contribution in [0.4, 0.5) is 16.2 Å². The summed E-state index contributed by atoms with van der Waals surface area (Å²) >= 11 is 0. The number of benzene rings is 1. The van der Waals surface area contributed by atoms with Crippen LogP contribution in [-0.2, 0) is 9.53 Å². The van der Waals surface area contributed by atoms with E-state index in [-0.39, 0.29) is 12.3 Å². The molecule has 0 saturated carbocycles. The molecule has 1 rings (SSSR count). The van der Waals surface area contributed by atoms with Crippen molar-refractivity contribution >= 4 is 23.4 Å². The molecule has 3 N–H and O–H groups in total. The number of rotatable bonds is 5. The van der Waals surface area contributed by atoms with Crippen LogP contribution in [-0.4, -0.2) is 29.8 Å². The van der Waals surface area contributed by atoms with Gasteiger partial charge in [-0.2, -0.15) is 0 Å². The van der Waals surface area contributed by atoms with Crippen LogP contribution in [0.25, 0.3) is 0 Å². The Bertz CT molecular complexity index is 429. The van der Waals surface area contributed by atoms with Crippen molar-refractivity contribution in [2.24, 2.45) is 0 Å². The molecule has 0 bridgehead atoms. The number of hydrogen-bond acceptors (Lipinski definition) is 4. The average Bonchev–Trinajstić information content (AvgIpc) is 2.31. The number of aliphatic hydroxyl groups is 1. The molecule has 1 unspecified atom stereocenters. The molecule has 0 aromatic heterocycles. The van der Waals surface area contributed by atoms with Crippen molar-refractivity contribution in [1.29, 1.82) is 0 Å². The Balaban J connectivity index is 2.52. The van der Waals surface area contributed by atoms with Gasteiger partial charge in [-0.3, -0.25) is 10.1 Å². The molecule has 1 aromatic carbocycles. The van der Waals surface area contributed by atoms with E-state index in [9.17, 15) is 9.59 Å². The summed E-state index contributed by atoms with van der Waals surface area (Å²) < 4.78 is 4.74. The number of anilines is 2. The van der Waals surface area contributed by atoms with Crippen LogP contribution in [0.1, 0.15) is 20.3 Å². The molecule has 0 aliphatic carbocycles. The summed E-state index contributed by atoms with van der Waals surface area (Å²) in [6, 6.07) is 6.60. The van der Waals surface area contributed by atoms with Crippen molar-refractivity contribution < 1.29 is 19.4 Å². The first kappa shape index (κ1) is 15.0. The number of hydrogen-bond donors (Lipinski definition) is 3. The standard InChI is InChI=1S/C13H18N2O4/c1-3-19-13(18)15-11-6-4-10(5-7-11)14-12(17)8-9(2)16/h4-7,9,16H,3,8H2,1-2H3,(H,14,17)(H,15,18). The molecule has 1 atom stereocenters. The molecule has 0 aliphatic rings. The second kappa shape index (κ2) is 7.38. The smallest absolute Gasteiger partial charge is 0.411 e. The van der Waals surface area contributed by atoms with E-state index in [0.717, 1.165) is 0 Å². The zero-order valence-electron chi connectivity index (χ0n) is 11.0. The quantitative estimate of drug-likeness (QED) is 0.760. The van der Waals surface area contributed by atoms with Crippen LogP contribution in [0.2, 0.25) is 0 Å². The largest absolute Gasteiger partial charge is 0.450 e. The summed E-state index contributed by atoms with van der Waals surface area (Å²) in [4.78, 5) is 22.6. The third-order valence-electron chi connectivity index (χ3n) is 2.17. The molecule has 0 fully saturated rings. The Hall–Kier alpha value is -2.08. The number of carbonyl (C=O) groups excluding carboxylic acids is 2. The molecule has 0 spiro atoms. The maximum atomic E-state index is 11.4.